The van der Waals surface area contributed by atoms with Crippen molar-refractivity contribution in [3.63, 3.8) is 0 Å². The van der Waals surface area contributed by atoms with E-state index in [1.807, 2.05) is 0 Å². The van der Waals surface area contributed by atoms with Crippen molar-refractivity contribution >= 4 is 0 Å². The fourth-order valence-corrected chi connectivity index (χ4v) is 1.68. The zero-order valence-corrected chi connectivity index (χ0v) is 10.6. The number of ether oxygens (including phenoxy) is 2. The SMILES string of the molecule is C=C(CNC(C)C)COCC1CCOCC1. The van der Waals surface area contributed by atoms with Gasteiger partial charge in [0.1, 0.15) is 0 Å². The van der Waals surface area contributed by atoms with Crippen LogP contribution in [0.2, 0.25) is 0 Å². The van der Waals surface area contributed by atoms with Crippen LogP contribution in [0.1, 0.15) is 26.7 Å². The van der Waals surface area contributed by atoms with E-state index < -0.39 is 0 Å². The van der Waals surface area contributed by atoms with E-state index in [1.54, 1.807) is 0 Å². The highest BCUT2D eigenvalue weighted by atomic mass is 16.5. The highest BCUT2D eigenvalue weighted by Gasteiger charge is 2.13. The Balaban J connectivity index is 1.99. The molecule has 1 aliphatic rings. The molecule has 0 aliphatic carbocycles. The molecule has 0 aromatic rings. The predicted molar refractivity (Wildman–Crippen MR) is 66.6 cm³/mol. The standard InChI is InChI=1S/C13H25NO2/c1-11(2)14-8-12(3)9-16-10-13-4-6-15-7-5-13/h11,13-14H,3-10H2,1-2H3. The normalized spacial score (nSPS) is 17.9. The fraction of sp³-hybridized carbons (Fsp3) is 0.846. The molecule has 0 saturated carbocycles. The van der Waals surface area contributed by atoms with Gasteiger partial charge in [-0.3, -0.25) is 0 Å². The van der Waals surface area contributed by atoms with E-state index in [-0.39, 0.29) is 0 Å². The third-order valence-electron chi connectivity index (χ3n) is 2.76. The van der Waals surface area contributed by atoms with Gasteiger partial charge in [0.05, 0.1) is 6.61 Å². The highest BCUT2D eigenvalue weighted by molar-refractivity contribution is 4.97. The summed E-state index contributed by atoms with van der Waals surface area (Å²) in [6, 6.07) is 0.507. The van der Waals surface area contributed by atoms with Crippen molar-refractivity contribution < 1.29 is 9.47 Å². The van der Waals surface area contributed by atoms with Crippen LogP contribution in [0.15, 0.2) is 12.2 Å². The smallest absolute Gasteiger partial charge is 0.0686 e. The second-order valence-electron chi connectivity index (χ2n) is 4.86. The molecule has 1 fully saturated rings. The van der Waals surface area contributed by atoms with Gasteiger partial charge in [-0.25, -0.2) is 0 Å². The molecule has 1 heterocycles. The minimum atomic E-state index is 0.507. The Morgan fingerprint density at radius 2 is 2.12 bits per heavy atom. The quantitative estimate of drug-likeness (QED) is 0.675. The molecule has 0 radical (unpaired) electrons. The van der Waals surface area contributed by atoms with E-state index >= 15 is 0 Å². The van der Waals surface area contributed by atoms with Gasteiger partial charge in [0.25, 0.3) is 0 Å². The Bertz CT molecular complexity index is 198. The summed E-state index contributed by atoms with van der Waals surface area (Å²) < 4.78 is 11.0. The van der Waals surface area contributed by atoms with Crippen LogP contribution in [0.5, 0.6) is 0 Å². The Labute approximate surface area is 99.2 Å². The summed E-state index contributed by atoms with van der Waals surface area (Å²) in [7, 11) is 0. The van der Waals surface area contributed by atoms with Gasteiger partial charge in [0.15, 0.2) is 0 Å². The highest BCUT2D eigenvalue weighted by Crippen LogP contribution is 2.14. The molecule has 0 spiro atoms. The van der Waals surface area contributed by atoms with Crippen LogP contribution in [0.25, 0.3) is 0 Å². The Morgan fingerprint density at radius 1 is 1.44 bits per heavy atom. The van der Waals surface area contributed by atoms with Gasteiger partial charge in [0, 0.05) is 32.4 Å². The van der Waals surface area contributed by atoms with E-state index in [0.29, 0.717) is 18.6 Å². The molecule has 0 aromatic heterocycles. The summed E-state index contributed by atoms with van der Waals surface area (Å²) in [4.78, 5) is 0. The van der Waals surface area contributed by atoms with Gasteiger partial charge in [-0.2, -0.15) is 0 Å². The fourth-order valence-electron chi connectivity index (χ4n) is 1.68. The largest absolute Gasteiger partial charge is 0.381 e. The molecule has 1 rings (SSSR count). The molecule has 16 heavy (non-hydrogen) atoms. The van der Waals surface area contributed by atoms with E-state index in [1.165, 1.54) is 0 Å². The summed E-state index contributed by atoms with van der Waals surface area (Å²) in [5, 5.41) is 3.33. The van der Waals surface area contributed by atoms with Crippen LogP contribution < -0.4 is 5.32 Å². The molecule has 3 heteroatoms. The van der Waals surface area contributed by atoms with Crippen molar-refractivity contribution in [3.8, 4) is 0 Å². The molecule has 0 atom stereocenters. The predicted octanol–water partition coefficient (Wildman–Crippen LogP) is 1.98. The van der Waals surface area contributed by atoms with Crippen LogP contribution in [0.3, 0.4) is 0 Å². The first-order chi connectivity index (χ1) is 7.68. The average molecular weight is 227 g/mol. The van der Waals surface area contributed by atoms with Gasteiger partial charge in [-0.1, -0.05) is 20.4 Å². The Kier molecular flexibility index (Phi) is 6.69. The van der Waals surface area contributed by atoms with E-state index in [2.05, 4.69) is 25.7 Å². The number of hydrogen-bond donors (Lipinski definition) is 1. The summed E-state index contributed by atoms with van der Waals surface area (Å²) in [5.74, 6) is 0.680. The van der Waals surface area contributed by atoms with Crippen LogP contribution >= 0.6 is 0 Å². The van der Waals surface area contributed by atoms with E-state index in [0.717, 1.165) is 44.8 Å². The van der Waals surface area contributed by atoms with Crippen LogP contribution in [0, 0.1) is 5.92 Å². The maximum Gasteiger partial charge on any atom is 0.0686 e. The van der Waals surface area contributed by atoms with Gasteiger partial charge in [-0.05, 0) is 24.3 Å². The summed E-state index contributed by atoms with van der Waals surface area (Å²) in [5.41, 5.74) is 1.13. The van der Waals surface area contributed by atoms with E-state index in [9.17, 15) is 0 Å². The summed E-state index contributed by atoms with van der Waals surface area (Å²) >= 11 is 0. The van der Waals surface area contributed by atoms with Crippen molar-refractivity contribution in [3.05, 3.63) is 12.2 Å². The lowest BCUT2D eigenvalue weighted by Crippen LogP contribution is -2.26. The number of hydrogen-bond acceptors (Lipinski definition) is 3. The van der Waals surface area contributed by atoms with Gasteiger partial charge < -0.3 is 14.8 Å². The third kappa shape index (κ3) is 6.26. The van der Waals surface area contributed by atoms with Crippen molar-refractivity contribution in [2.75, 3.05) is 33.0 Å². The molecular weight excluding hydrogens is 202 g/mol. The van der Waals surface area contributed by atoms with Crippen molar-refractivity contribution in [1.29, 1.82) is 0 Å². The topological polar surface area (TPSA) is 30.5 Å². The van der Waals surface area contributed by atoms with Crippen LogP contribution in [0.4, 0.5) is 0 Å². The maximum absolute atomic E-state index is 5.67. The average Bonchev–Trinajstić information content (AvgIpc) is 2.28. The first kappa shape index (κ1) is 13.7. The van der Waals surface area contributed by atoms with Crippen molar-refractivity contribution in [2.24, 2.45) is 5.92 Å². The van der Waals surface area contributed by atoms with Crippen molar-refractivity contribution in [1.82, 2.24) is 5.32 Å². The number of nitrogens with one attached hydrogen (secondary N) is 1. The molecule has 0 bridgehead atoms. The van der Waals surface area contributed by atoms with Gasteiger partial charge >= 0.3 is 0 Å². The van der Waals surface area contributed by atoms with E-state index in [4.69, 9.17) is 9.47 Å². The monoisotopic (exact) mass is 227 g/mol. The molecule has 0 unspecified atom stereocenters. The van der Waals surface area contributed by atoms with Gasteiger partial charge in [-0.15, -0.1) is 0 Å². The zero-order chi connectivity index (χ0) is 11.8. The molecule has 1 saturated heterocycles. The minimum absolute atomic E-state index is 0.507. The lowest BCUT2D eigenvalue weighted by atomic mass is 10.0. The van der Waals surface area contributed by atoms with Crippen molar-refractivity contribution in [2.45, 2.75) is 32.7 Å². The molecule has 3 nitrogen and oxygen atoms in total. The maximum atomic E-state index is 5.67. The van der Waals surface area contributed by atoms with Gasteiger partial charge in [0.2, 0.25) is 0 Å². The second-order valence-corrected chi connectivity index (χ2v) is 4.86. The molecule has 0 aromatic carbocycles. The summed E-state index contributed by atoms with van der Waals surface area (Å²) in [6.45, 7) is 12.4. The Hall–Kier alpha value is -0.380. The Morgan fingerprint density at radius 3 is 2.75 bits per heavy atom. The molecule has 0 amide bonds. The molecule has 94 valence electrons. The lowest BCUT2D eigenvalue weighted by molar-refractivity contribution is 0.0257. The number of rotatable bonds is 7. The molecule has 1 N–H and O–H groups in total. The lowest BCUT2D eigenvalue weighted by Gasteiger charge is -2.22. The molecule has 1 aliphatic heterocycles. The molecular formula is C13H25NO2. The van der Waals surface area contributed by atoms with Crippen LogP contribution in [-0.2, 0) is 9.47 Å². The minimum Gasteiger partial charge on any atom is -0.381 e. The third-order valence-corrected chi connectivity index (χ3v) is 2.76. The summed E-state index contributed by atoms with van der Waals surface area (Å²) in [6.07, 6.45) is 2.27. The van der Waals surface area contributed by atoms with Crippen LogP contribution in [-0.4, -0.2) is 39.0 Å². The second kappa shape index (κ2) is 7.82. The first-order valence-electron chi connectivity index (χ1n) is 6.24. The first-order valence-corrected chi connectivity index (χ1v) is 6.24. The zero-order valence-electron chi connectivity index (χ0n) is 10.6.